The van der Waals surface area contributed by atoms with Gasteiger partial charge in [-0.3, -0.25) is 14.4 Å². The topological polar surface area (TPSA) is 88.8 Å². The Labute approximate surface area is 182 Å². The average Bonchev–Trinajstić information content (AvgIpc) is 3.35. The lowest BCUT2D eigenvalue weighted by Crippen LogP contribution is -2.56. The van der Waals surface area contributed by atoms with Crippen LogP contribution in [0.4, 0.5) is 0 Å². The minimum atomic E-state index is -0.532. The van der Waals surface area contributed by atoms with Crippen LogP contribution in [0.15, 0.2) is 22.8 Å². The highest BCUT2D eigenvalue weighted by Gasteiger charge is 2.53. The summed E-state index contributed by atoms with van der Waals surface area (Å²) < 4.78 is 10.6. The summed E-state index contributed by atoms with van der Waals surface area (Å²) in [5, 5.41) is 3.12. The second-order valence-corrected chi connectivity index (χ2v) is 10.4. The monoisotopic (exact) mass is 428 g/mol. The molecule has 4 bridgehead atoms. The van der Waals surface area contributed by atoms with E-state index in [1.165, 1.54) is 38.5 Å². The largest absolute Gasteiger partial charge is 0.467 e. The summed E-state index contributed by atoms with van der Waals surface area (Å²) in [5.74, 6) is 1.81. The van der Waals surface area contributed by atoms with E-state index in [1.54, 1.807) is 23.3 Å². The van der Waals surface area contributed by atoms with Gasteiger partial charge in [-0.2, -0.15) is 0 Å². The first-order valence-electron chi connectivity index (χ1n) is 11.7. The smallest absolute Gasteiger partial charge is 0.311 e. The lowest BCUT2D eigenvalue weighted by molar-refractivity contribution is -0.153. The summed E-state index contributed by atoms with van der Waals surface area (Å²) in [7, 11) is 0. The highest BCUT2D eigenvalue weighted by Crippen LogP contribution is 2.61. The predicted octanol–water partition coefficient (Wildman–Crippen LogP) is 2.89. The number of likely N-dealkylation sites (tertiary alicyclic amines) is 1. The van der Waals surface area contributed by atoms with Gasteiger partial charge in [-0.1, -0.05) is 0 Å². The summed E-state index contributed by atoms with van der Waals surface area (Å²) in [6.45, 7) is 2.48. The van der Waals surface area contributed by atoms with E-state index in [0.29, 0.717) is 18.8 Å². The molecule has 5 aliphatic rings. The third-order valence-corrected chi connectivity index (χ3v) is 8.20. The van der Waals surface area contributed by atoms with Gasteiger partial charge in [-0.25, -0.2) is 0 Å². The Hall–Kier alpha value is -2.31. The highest BCUT2D eigenvalue weighted by molar-refractivity contribution is 5.88. The Morgan fingerprint density at radius 3 is 2.52 bits per heavy atom. The van der Waals surface area contributed by atoms with Crippen LogP contribution in [0.2, 0.25) is 0 Å². The third kappa shape index (κ3) is 4.11. The molecule has 5 fully saturated rings. The lowest BCUT2D eigenvalue weighted by Gasteiger charge is -2.59. The number of carbonyl (C=O) groups excluding carboxylic acids is 3. The van der Waals surface area contributed by atoms with Gasteiger partial charge >= 0.3 is 5.97 Å². The van der Waals surface area contributed by atoms with Gasteiger partial charge in [0.2, 0.25) is 5.91 Å². The van der Waals surface area contributed by atoms with Crippen LogP contribution in [0.3, 0.4) is 0 Å². The molecular formula is C24H32N2O5. The van der Waals surface area contributed by atoms with Crippen LogP contribution in [0, 0.1) is 29.1 Å². The average molecular weight is 429 g/mol. The van der Waals surface area contributed by atoms with Gasteiger partial charge in [0, 0.05) is 19.0 Å². The molecule has 31 heavy (non-hydrogen) atoms. The van der Waals surface area contributed by atoms with Crippen molar-refractivity contribution in [2.24, 2.45) is 29.1 Å². The zero-order valence-corrected chi connectivity index (χ0v) is 18.2. The van der Waals surface area contributed by atoms with Crippen LogP contribution < -0.4 is 5.32 Å². The van der Waals surface area contributed by atoms with Gasteiger partial charge in [0.25, 0.3) is 5.91 Å². The Balaban J connectivity index is 1.09. The Bertz CT molecular complexity index is 813. The maximum atomic E-state index is 12.5. The number of carbonyl (C=O) groups is 3. The van der Waals surface area contributed by atoms with E-state index in [4.69, 9.17) is 9.15 Å². The van der Waals surface area contributed by atoms with Crippen molar-refractivity contribution in [1.82, 2.24) is 10.2 Å². The number of rotatable bonds is 7. The van der Waals surface area contributed by atoms with E-state index >= 15 is 0 Å². The fourth-order valence-electron chi connectivity index (χ4n) is 7.07. The number of ether oxygens (including phenoxy) is 1. The van der Waals surface area contributed by atoms with E-state index in [0.717, 1.165) is 17.8 Å². The van der Waals surface area contributed by atoms with E-state index in [1.807, 2.05) is 0 Å². The zero-order chi connectivity index (χ0) is 21.6. The summed E-state index contributed by atoms with van der Waals surface area (Å²) in [6.07, 6.45) is 9.44. The van der Waals surface area contributed by atoms with Gasteiger partial charge in [0.1, 0.15) is 5.76 Å². The quantitative estimate of drug-likeness (QED) is 0.675. The van der Waals surface area contributed by atoms with Crippen molar-refractivity contribution in [3.63, 3.8) is 0 Å². The van der Waals surface area contributed by atoms with Crippen LogP contribution in [0.1, 0.15) is 57.6 Å². The summed E-state index contributed by atoms with van der Waals surface area (Å²) in [5.41, 5.74) is 0.221. The normalized spacial score (nSPS) is 34.7. The number of furan rings is 1. The molecule has 1 N–H and O–H groups in total. The fraction of sp³-hybridized carbons (Fsp3) is 0.708. The number of nitrogens with one attached hydrogen (secondary N) is 1. The number of nitrogens with zero attached hydrogens (tertiary/aromatic N) is 1. The highest BCUT2D eigenvalue weighted by atomic mass is 16.5. The summed E-state index contributed by atoms with van der Waals surface area (Å²) in [4.78, 5) is 38.8. The molecule has 6 rings (SSSR count). The van der Waals surface area contributed by atoms with Crippen molar-refractivity contribution >= 4 is 17.8 Å². The Morgan fingerprint density at radius 2 is 1.90 bits per heavy atom. The molecule has 1 saturated heterocycles. The molecule has 1 aromatic rings. The van der Waals surface area contributed by atoms with Crippen molar-refractivity contribution < 1.29 is 23.5 Å². The molecule has 1 aromatic heterocycles. The van der Waals surface area contributed by atoms with Gasteiger partial charge in [-0.05, 0) is 80.8 Å². The van der Waals surface area contributed by atoms with Crippen molar-refractivity contribution in [2.45, 2.75) is 64.5 Å². The molecule has 0 radical (unpaired) electrons. The molecule has 7 nitrogen and oxygen atoms in total. The zero-order valence-electron chi connectivity index (χ0n) is 18.2. The van der Waals surface area contributed by atoms with Crippen LogP contribution in [-0.4, -0.2) is 41.9 Å². The first-order chi connectivity index (χ1) is 14.9. The minimum Gasteiger partial charge on any atom is -0.467 e. The molecule has 2 atom stereocenters. The minimum absolute atomic E-state index is 0.0989. The first kappa shape index (κ1) is 20.6. The lowest BCUT2D eigenvalue weighted by atomic mass is 9.48. The molecule has 2 heterocycles. The molecule has 4 aliphatic carbocycles. The number of hydrogen-bond acceptors (Lipinski definition) is 5. The SMILES string of the molecule is C[C@H](NC(=O)COC(=O)[C@@H]1CC(=O)N(Cc2ccco2)C1)C12CC3CC(CC(C3)C1)C2. The van der Waals surface area contributed by atoms with Gasteiger partial charge < -0.3 is 19.4 Å². The van der Waals surface area contributed by atoms with Crippen molar-refractivity contribution in [2.75, 3.05) is 13.2 Å². The number of hydrogen-bond donors (Lipinski definition) is 1. The van der Waals surface area contributed by atoms with E-state index in [-0.39, 0.29) is 36.3 Å². The third-order valence-electron chi connectivity index (χ3n) is 8.20. The Kier molecular flexibility index (Phi) is 5.30. The van der Waals surface area contributed by atoms with E-state index in [9.17, 15) is 14.4 Å². The molecule has 0 spiro atoms. The van der Waals surface area contributed by atoms with E-state index < -0.39 is 11.9 Å². The van der Waals surface area contributed by atoms with Crippen LogP contribution in [0.5, 0.6) is 0 Å². The van der Waals surface area contributed by atoms with Crippen molar-refractivity contribution in [3.05, 3.63) is 24.2 Å². The molecule has 168 valence electrons. The number of amides is 2. The fourth-order valence-corrected chi connectivity index (χ4v) is 7.07. The van der Waals surface area contributed by atoms with Crippen molar-refractivity contribution in [1.29, 1.82) is 0 Å². The molecule has 0 unspecified atom stereocenters. The van der Waals surface area contributed by atoms with Crippen LogP contribution >= 0.6 is 0 Å². The molecule has 4 saturated carbocycles. The van der Waals surface area contributed by atoms with Gasteiger partial charge in [0.05, 0.1) is 18.7 Å². The second-order valence-electron chi connectivity index (χ2n) is 10.4. The van der Waals surface area contributed by atoms with Gasteiger partial charge in [0.15, 0.2) is 6.61 Å². The molecule has 0 aromatic carbocycles. The van der Waals surface area contributed by atoms with E-state index in [2.05, 4.69) is 12.2 Å². The van der Waals surface area contributed by atoms with Gasteiger partial charge in [-0.15, -0.1) is 0 Å². The molecular weight excluding hydrogens is 396 g/mol. The molecule has 7 heteroatoms. The maximum Gasteiger partial charge on any atom is 0.311 e. The maximum absolute atomic E-state index is 12.5. The molecule has 2 amide bonds. The predicted molar refractivity (Wildman–Crippen MR) is 111 cm³/mol. The first-order valence-corrected chi connectivity index (χ1v) is 11.7. The van der Waals surface area contributed by atoms with Crippen LogP contribution in [0.25, 0.3) is 0 Å². The summed E-state index contributed by atoms with van der Waals surface area (Å²) >= 11 is 0. The Morgan fingerprint density at radius 1 is 1.23 bits per heavy atom. The molecule has 1 aliphatic heterocycles. The standard InChI is InChI=1S/C24H32N2O5/c1-15(24-9-16-5-17(10-24)7-18(6-16)11-24)25-21(27)14-31-23(29)19-8-22(28)26(12-19)13-20-3-2-4-30-20/h2-4,15-19H,5-14H2,1H3,(H,25,27)/t15-,16?,17?,18?,19+,24?/m0/s1. The van der Waals surface area contributed by atoms with Crippen LogP contribution in [-0.2, 0) is 25.7 Å². The number of esters is 1. The summed E-state index contributed by atoms with van der Waals surface area (Å²) in [6, 6.07) is 3.67. The second kappa shape index (κ2) is 7.99. The van der Waals surface area contributed by atoms with Crippen molar-refractivity contribution in [3.8, 4) is 0 Å².